The third-order valence-corrected chi connectivity index (χ3v) is 4.15. The molecule has 1 unspecified atom stereocenters. The van der Waals surface area contributed by atoms with Gasteiger partial charge < -0.3 is 15.0 Å². The number of halogens is 1. The van der Waals surface area contributed by atoms with Gasteiger partial charge in [-0.2, -0.15) is 0 Å². The van der Waals surface area contributed by atoms with Crippen molar-refractivity contribution in [2.24, 2.45) is 0 Å². The second-order valence-corrected chi connectivity index (χ2v) is 5.65. The number of benzene rings is 2. The molecule has 106 valence electrons. The van der Waals surface area contributed by atoms with Crippen LogP contribution in [0.15, 0.2) is 42.5 Å². The van der Waals surface area contributed by atoms with E-state index < -0.39 is 0 Å². The van der Waals surface area contributed by atoms with E-state index in [9.17, 15) is 0 Å². The van der Waals surface area contributed by atoms with Gasteiger partial charge >= 0.3 is 0 Å². The van der Waals surface area contributed by atoms with E-state index >= 15 is 0 Å². The van der Waals surface area contributed by atoms with E-state index in [4.69, 9.17) is 22.1 Å². The number of nitrogens with zero attached hydrogens (tertiary/aromatic N) is 2. The maximum Gasteiger partial charge on any atom is 0.201 e. The van der Waals surface area contributed by atoms with Gasteiger partial charge in [-0.1, -0.05) is 35.9 Å². The Morgan fingerprint density at radius 1 is 1.24 bits per heavy atom. The SMILES string of the molecule is Nc1nc2cccc(Cl)c2n1CC1Cc2ccccc2O1. The van der Waals surface area contributed by atoms with Crippen LogP contribution in [0.4, 0.5) is 5.95 Å². The lowest BCUT2D eigenvalue weighted by molar-refractivity contribution is 0.212. The third-order valence-electron chi connectivity index (χ3n) is 3.85. The maximum atomic E-state index is 6.29. The summed E-state index contributed by atoms with van der Waals surface area (Å²) in [7, 11) is 0. The number of rotatable bonds is 2. The van der Waals surface area contributed by atoms with Crippen LogP contribution in [-0.2, 0) is 13.0 Å². The number of aromatic nitrogens is 2. The van der Waals surface area contributed by atoms with Crippen LogP contribution in [0.5, 0.6) is 5.75 Å². The predicted molar refractivity (Wildman–Crippen MR) is 83.7 cm³/mol. The molecule has 0 radical (unpaired) electrons. The van der Waals surface area contributed by atoms with Gasteiger partial charge in [0.2, 0.25) is 5.95 Å². The number of para-hydroxylation sites is 2. The highest BCUT2D eigenvalue weighted by Crippen LogP contribution is 2.31. The number of hydrogen-bond donors (Lipinski definition) is 1. The van der Waals surface area contributed by atoms with Crippen molar-refractivity contribution >= 4 is 28.6 Å². The smallest absolute Gasteiger partial charge is 0.201 e. The Morgan fingerprint density at radius 2 is 2.10 bits per heavy atom. The van der Waals surface area contributed by atoms with Gasteiger partial charge in [-0.3, -0.25) is 0 Å². The second kappa shape index (κ2) is 4.67. The number of nitrogen functional groups attached to an aromatic ring is 1. The highest BCUT2D eigenvalue weighted by atomic mass is 35.5. The van der Waals surface area contributed by atoms with E-state index in [1.807, 2.05) is 41.0 Å². The average Bonchev–Trinajstić information content (AvgIpc) is 3.01. The van der Waals surface area contributed by atoms with Crippen LogP contribution >= 0.6 is 11.6 Å². The summed E-state index contributed by atoms with van der Waals surface area (Å²) in [6, 6.07) is 13.8. The summed E-state index contributed by atoms with van der Waals surface area (Å²) in [5.41, 5.74) is 8.96. The number of imidazole rings is 1. The van der Waals surface area contributed by atoms with Crippen molar-refractivity contribution in [3.8, 4) is 5.75 Å². The summed E-state index contributed by atoms with van der Waals surface area (Å²) in [5.74, 6) is 1.43. The van der Waals surface area contributed by atoms with Crippen molar-refractivity contribution in [2.75, 3.05) is 5.73 Å². The second-order valence-electron chi connectivity index (χ2n) is 5.24. The molecule has 4 rings (SSSR count). The zero-order chi connectivity index (χ0) is 14.4. The number of ether oxygens (including phenoxy) is 1. The molecule has 0 saturated carbocycles. The van der Waals surface area contributed by atoms with E-state index in [-0.39, 0.29) is 6.10 Å². The average molecular weight is 300 g/mol. The van der Waals surface area contributed by atoms with Gasteiger partial charge in [-0.05, 0) is 23.8 Å². The molecule has 1 aliphatic heterocycles. The Morgan fingerprint density at radius 3 is 2.95 bits per heavy atom. The third kappa shape index (κ3) is 2.03. The molecule has 4 nitrogen and oxygen atoms in total. The number of nitrogens with two attached hydrogens (primary N) is 1. The summed E-state index contributed by atoms with van der Waals surface area (Å²) in [6.45, 7) is 0.640. The zero-order valence-electron chi connectivity index (χ0n) is 11.3. The molecule has 1 aromatic heterocycles. The standard InChI is InChI=1S/C16H14ClN3O/c17-12-5-3-6-13-15(12)20(16(18)19-13)9-11-8-10-4-1-2-7-14(10)21-11/h1-7,11H,8-9H2,(H2,18,19). The molecule has 0 bridgehead atoms. The van der Waals surface area contributed by atoms with Crippen molar-refractivity contribution in [3.63, 3.8) is 0 Å². The summed E-state index contributed by atoms with van der Waals surface area (Å²) >= 11 is 6.29. The largest absolute Gasteiger partial charge is 0.488 e. The van der Waals surface area contributed by atoms with Gasteiger partial charge in [0.1, 0.15) is 11.9 Å². The van der Waals surface area contributed by atoms with Gasteiger partial charge in [0, 0.05) is 6.42 Å². The van der Waals surface area contributed by atoms with E-state index in [0.717, 1.165) is 23.2 Å². The molecular formula is C16H14ClN3O. The summed E-state index contributed by atoms with van der Waals surface area (Å²) in [4.78, 5) is 4.37. The molecule has 1 atom stereocenters. The fourth-order valence-electron chi connectivity index (χ4n) is 2.90. The van der Waals surface area contributed by atoms with Crippen LogP contribution in [0, 0.1) is 0 Å². The summed E-state index contributed by atoms with van der Waals surface area (Å²) in [5, 5.41) is 0.659. The molecule has 2 aromatic carbocycles. The van der Waals surface area contributed by atoms with Crippen molar-refractivity contribution in [1.82, 2.24) is 9.55 Å². The van der Waals surface area contributed by atoms with Gasteiger partial charge in [-0.25, -0.2) is 4.98 Å². The predicted octanol–water partition coefficient (Wildman–Crippen LogP) is 3.28. The lowest BCUT2D eigenvalue weighted by Gasteiger charge is -2.13. The Hall–Kier alpha value is -2.20. The van der Waals surface area contributed by atoms with Crippen molar-refractivity contribution in [3.05, 3.63) is 53.1 Å². The highest BCUT2D eigenvalue weighted by molar-refractivity contribution is 6.35. The first-order valence-electron chi connectivity index (χ1n) is 6.87. The molecule has 2 N–H and O–H groups in total. The normalized spacial score (nSPS) is 16.9. The quantitative estimate of drug-likeness (QED) is 0.790. The summed E-state index contributed by atoms with van der Waals surface area (Å²) < 4.78 is 7.92. The minimum Gasteiger partial charge on any atom is -0.488 e. The van der Waals surface area contributed by atoms with E-state index in [1.54, 1.807) is 0 Å². The van der Waals surface area contributed by atoms with Crippen molar-refractivity contribution in [2.45, 2.75) is 19.1 Å². The molecule has 0 saturated heterocycles. The van der Waals surface area contributed by atoms with E-state index in [0.29, 0.717) is 17.5 Å². The van der Waals surface area contributed by atoms with Crippen LogP contribution in [-0.4, -0.2) is 15.7 Å². The summed E-state index contributed by atoms with van der Waals surface area (Å²) in [6.07, 6.45) is 0.929. The fraction of sp³-hybridized carbons (Fsp3) is 0.188. The monoisotopic (exact) mass is 299 g/mol. The molecule has 1 aliphatic rings. The molecular weight excluding hydrogens is 286 g/mol. The highest BCUT2D eigenvalue weighted by Gasteiger charge is 2.24. The fourth-order valence-corrected chi connectivity index (χ4v) is 3.18. The van der Waals surface area contributed by atoms with Gasteiger partial charge in [0.25, 0.3) is 0 Å². The Balaban J connectivity index is 1.69. The lowest BCUT2D eigenvalue weighted by atomic mass is 10.1. The first kappa shape index (κ1) is 12.5. The van der Waals surface area contributed by atoms with Crippen molar-refractivity contribution in [1.29, 1.82) is 0 Å². The van der Waals surface area contributed by atoms with Crippen molar-refractivity contribution < 1.29 is 4.74 Å². The van der Waals surface area contributed by atoms with Gasteiger partial charge in [0.05, 0.1) is 22.6 Å². The van der Waals surface area contributed by atoms with Gasteiger partial charge in [-0.15, -0.1) is 0 Å². The van der Waals surface area contributed by atoms with Crippen LogP contribution in [0.3, 0.4) is 0 Å². The molecule has 21 heavy (non-hydrogen) atoms. The molecule has 0 fully saturated rings. The Labute approximate surface area is 127 Å². The van der Waals surface area contributed by atoms with Crippen LogP contribution in [0.2, 0.25) is 5.02 Å². The molecule has 0 amide bonds. The topological polar surface area (TPSA) is 53.1 Å². The minimum absolute atomic E-state index is 0.0540. The van der Waals surface area contributed by atoms with Gasteiger partial charge in [0.15, 0.2) is 0 Å². The molecule has 5 heteroatoms. The molecule has 0 aliphatic carbocycles. The first-order chi connectivity index (χ1) is 10.2. The van der Waals surface area contributed by atoms with Crippen LogP contribution < -0.4 is 10.5 Å². The first-order valence-corrected chi connectivity index (χ1v) is 7.25. The van der Waals surface area contributed by atoms with E-state index in [2.05, 4.69) is 11.1 Å². The Bertz CT molecular complexity index is 803. The molecule has 0 spiro atoms. The number of hydrogen-bond acceptors (Lipinski definition) is 3. The number of fused-ring (bicyclic) bond motifs is 2. The van der Waals surface area contributed by atoms with E-state index in [1.165, 1.54) is 5.56 Å². The molecule has 3 aromatic rings. The lowest BCUT2D eigenvalue weighted by Crippen LogP contribution is -2.21. The van der Waals surface area contributed by atoms with Crippen LogP contribution in [0.1, 0.15) is 5.56 Å². The Kier molecular flexibility index (Phi) is 2.79. The molecule has 2 heterocycles. The number of anilines is 1. The minimum atomic E-state index is 0.0540. The zero-order valence-corrected chi connectivity index (χ0v) is 12.0. The van der Waals surface area contributed by atoms with Crippen LogP contribution in [0.25, 0.3) is 11.0 Å². The maximum absolute atomic E-state index is 6.29.